The Morgan fingerprint density at radius 1 is 1.62 bits per heavy atom. The fourth-order valence-corrected chi connectivity index (χ4v) is 1.17. The summed E-state index contributed by atoms with van der Waals surface area (Å²) in [7, 11) is 1.96. The van der Waals surface area contributed by atoms with Crippen LogP contribution in [0, 0.1) is 6.92 Å². The molecule has 0 saturated carbocycles. The molecule has 0 radical (unpaired) electrons. The van der Waals surface area contributed by atoms with Gasteiger partial charge in [0.25, 0.3) is 0 Å². The molecule has 0 aliphatic carbocycles. The maximum atomic E-state index is 5.39. The number of rotatable bonds is 5. The van der Waals surface area contributed by atoms with Gasteiger partial charge in [-0.3, -0.25) is 4.68 Å². The third-order valence-electron chi connectivity index (χ3n) is 2.21. The Labute approximate surface area is 79.1 Å². The highest BCUT2D eigenvalue weighted by Gasteiger charge is 2.01. The summed E-state index contributed by atoms with van der Waals surface area (Å²) in [5.41, 5.74) is 7.87. The second-order valence-corrected chi connectivity index (χ2v) is 3.20. The van der Waals surface area contributed by atoms with Gasteiger partial charge in [-0.15, -0.1) is 0 Å². The molecule has 1 rings (SSSR count). The summed E-state index contributed by atoms with van der Waals surface area (Å²) in [5.74, 6) is 0. The number of hydrogen-bond acceptors (Lipinski definition) is 3. The van der Waals surface area contributed by atoms with Gasteiger partial charge in [-0.2, -0.15) is 5.10 Å². The first-order valence-electron chi connectivity index (χ1n) is 4.64. The second kappa shape index (κ2) is 4.99. The number of aromatic nitrogens is 2. The van der Waals surface area contributed by atoms with Crippen LogP contribution in [0.5, 0.6) is 0 Å². The predicted molar refractivity (Wildman–Crippen MR) is 53.3 cm³/mol. The highest BCUT2D eigenvalue weighted by Crippen LogP contribution is 2.04. The molecule has 1 aromatic rings. The van der Waals surface area contributed by atoms with Crippen LogP contribution in [0.2, 0.25) is 0 Å². The average molecular weight is 182 g/mol. The van der Waals surface area contributed by atoms with E-state index in [9.17, 15) is 0 Å². The van der Waals surface area contributed by atoms with Gasteiger partial charge in [0.05, 0.1) is 6.20 Å². The molecule has 0 spiro atoms. The third kappa shape index (κ3) is 2.82. The molecule has 0 aromatic carbocycles. The molecule has 0 unspecified atom stereocenters. The number of hydrogen-bond donors (Lipinski definition) is 2. The highest BCUT2D eigenvalue weighted by atomic mass is 15.3. The summed E-state index contributed by atoms with van der Waals surface area (Å²) in [6.07, 6.45) is 2.93. The molecule has 0 amide bonds. The van der Waals surface area contributed by atoms with Crippen LogP contribution in [0.3, 0.4) is 0 Å². The van der Waals surface area contributed by atoms with E-state index in [0.717, 1.165) is 26.1 Å². The van der Waals surface area contributed by atoms with Crippen molar-refractivity contribution in [3.05, 3.63) is 17.5 Å². The van der Waals surface area contributed by atoms with Gasteiger partial charge in [0, 0.05) is 24.8 Å². The maximum Gasteiger partial charge on any atom is 0.0537 e. The molecular formula is C9H18N4. The molecule has 0 fully saturated rings. The molecule has 1 heterocycles. The van der Waals surface area contributed by atoms with Crippen molar-refractivity contribution < 1.29 is 0 Å². The quantitative estimate of drug-likeness (QED) is 0.638. The Kier molecular flexibility index (Phi) is 3.92. The van der Waals surface area contributed by atoms with Gasteiger partial charge in [0.2, 0.25) is 0 Å². The Morgan fingerprint density at radius 3 is 2.92 bits per heavy atom. The lowest BCUT2D eigenvalue weighted by atomic mass is 10.2. The molecule has 0 aliphatic heterocycles. The van der Waals surface area contributed by atoms with Gasteiger partial charge in [0.15, 0.2) is 0 Å². The molecule has 74 valence electrons. The minimum atomic E-state index is 0.749. The molecule has 0 aliphatic rings. The lowest BCUT2D eigenvalue weighted by Crippen LogP contribution is -2.18. The first-order valence-corrected chi connectivity index (χ1v) is 4.64. The van der Waals surface area contributed by atoms with Crippen molar-refractivity contribution in [3.63, 3.8) is 0 Å². The summed E-state index contributed by atoms with van der Waals surface area (Å²) >= 11 is 0. The SMILES string of the molecule is Cc1c(CNCCCN)cnn1C. The average Bonchev–Trinajstić information content (AvgIpc) is 2.43. The standard InChI is InChI=1S/C9H18N4/c1-8-9(7-12-13(8)2)6-11-5-3-4-10/h7,11H,3-6,10H2,1-2H3. The van der Waals surface area contributed by atoms with Crippen LogP contribution in [0.4, 0.5) is 0 Å². The van der Waals surface area contributed by atoms with E-state index in [1.165, 1.54) is 11.3 Å². The van der Waals surface area contributed by atoms with E-state index in [1.54, 1.807) is 0 Å². The van der Waals surface area contributed by atoms with Crippen molar-refractivity contribution in [1.82, 2.24) is 15.1 Å². The topological polar surface area (TPSA) is 55.9 Å². The number of nitrogens with zero attached hydrogens (tertiary/aromatic N) is 2. The van der Waals surface area contributed by atoms with Crippen molar-refractivity contribution in [3.8, 4) is 0 Å². The van der Waals surface area contributed by atoms with Gasteiger partial charge >= 0.3 is 0 Å². The first-order chi connectivity index (χ1) is 6.25. The summed E-state index contributed by atoms with van der Waals surface area (Å²) in [6, 6.07) is 0. The summed E-state index contributed by atoms with van der Waals surface area (Å²) < 4.78 is 1.89. The molecule has 0 saturated heterocycles. The smallest absolute Gasteiger partial charge is 0.0537 e. The van der Waals surface area contributed by atoms with Crippen LogP contribution < -0.4 is 11.1 Å². The van der Waals surface area contributed by atoms with Gasteiger partial charge in [-0.05, 0) is 26.4 Å². The van der Waals surface area contributed by atoms with Crippen molar-refractivity contribution in [2.75, 3.05) is 13.1 Å². The minimum absolute atomic E-state index is 0.749. The largest absolute Gasteiger partial charge is 0.330 e. The zero-order chi connectivity index (χ0) is 9.68. The van der Waals surface area contributed by atoms with Crippen LogP contribution in [-0.4, -0.2) is 22.9 Å². The van der Waals surface area contributed by atoms with E-state index in [0.29, 0.717) is 0 Å². The molecule has 13 heavy (non-hydrogen) atoms. The molecular weight excluding hydrogens is 164 g/mol. The maximum absolute atomic E-state index is 5.39. The monoisotopic (exact) mass is 182 g/mol. The van der Waals surface area contributed by atoms with E-state index in [4.69, 9.17) is 5.73 Å². The molecule has 0 atom stereocenters. The Hall–Kier alpha value is -0.870. The van der Waals surface area contributed by atoms with Crippen molar-refractivity contribution in [2.45, 2.75) is 19.9 Å². The number of nitrogens with two attached hydrogens (primary N) is 1. The fraction of sp³-hybridized carbons (Fsp3) is 0.667. The van der Waals surface area contributed by atoms with Crippen LogP contribution >= 0.6 is 0 Å². The highest BCUT2D eigenvalue weighted by molar-refractivity contribution is 5.15. The molecule has 4 heteroatoms. The Balaban J connectivity index is 2.32. The number of aryl methyl sites for hydroxylation is 1. The van der Waals surface area contributed by atoms with Crippen LogP contribution in [0.25, 0.3) is 0 Å². The molecule has 1 aromatic heterocycles. The number of nitrogens with one attached hydrogen (secondary N) is 1. The minimum Gasteiger partial charge on any atom is -0.330 e. The van der Waals surface area contributed by atoms with Crippen molar-refractivity contribution >= 4 is 0 Å². The summed E-state index contributed by atoms with van der Waals surface area (Å²) in [5, 5.41) is 7.49. The Bertz CT molecular complexity index is 254. The van der Waals surface area contributed by atoms with Crippen LogP contribution in [-0.2, 0) is 13.6 Å². The Morgan fingerprint density at radius 2 is 2.38 bits per heavy atom. The van der Waals surface area contributed by atoms with E-state index in [1.807, 2.05) is 17.9 Å². The van der Waals surface area contributed by atoms with Crippen LogP contribution in [0.1, 0.15) is 17.7 Å². The van der Waals surface area contributed by atoms with Gasteiger partial charge < -0.3 is 11.1 Å². The van der Waals surface area contributed by atoms with Gasteiger partial charge in [-0.1, -0.05) is 0 Å². The normalized spacial score (nSPS) is 10.7. The fourth-order valence-electron chi connectivity index (χ4n) is 1.17. The van der Waals surface area contributed by atoms with E-state index in [-0.39, 0.29) is 0 Å². The molecule has 4 nitrogen and oxygen atoms in total. The lowest BCUT2D eigenvalue weighted by molar-refractivity contribution is 0.651. The van der Waals surface area contributed by atoms with E-state index >= 15 is 0 Å². The predicted octanol–water partition coefficient (Wildman–Crippen LogP) is 0.167. The van der Waals surface area contributed by atoms with Crippen LogP contribution in [0.15, 0.2) is 6.20 Å². The zero-order valence-electron chi connectivity index (χ0n) is 8.38. The van der Waals surface area contributed by atoms with Crippen molar-refractivity contribution in [2.24, 2.45) is 12.8 Å². The third-order valence-corrected chi connectivity index (χ3v) is 2.21. The molecule has 3 N–H and O–H groups in total. The van der Waals surface area contributed by atoms with E-state index < -0.39 is 0 Å². The summed E-state index contributed by atoms with van der Waals surface area (Å²) in [6.45, 7) is 4.69. The lowest BCUT2D eigenvalue weighted by Gasteiger charge is -2.02. The van der Waals surface area contributed by atoms with E-state index in [2.05, 4.69) is 17.3 Å². The second-order valence-electron chi connectivity index (χ2n) is 3.20. The first kappa shape index (κ1) is 10.2. The zero-order valence-corrected chi connectivity index (χ0v) is 8.38. The summed E-state index contributed by atoms with van der Waals surface area (Å²) in [4.78, 5) is 0. The van der Waals surface area contributed by atoms with Crippen molar-refractivity contribution in [1.29, 1.82) is 0 Å². The van der Waals surface area contributed by atoms with Gasteiger partial charge in [-0.25, -0.2) is 0 Å². The van der Waals surface area contributed by atoms with Gasteiger partial charge in [0.1, 0.15) is 0 Å². The molecule has 0 bridgehead atoms.